The Kier molecular flexibility index (Phi) is 2.85. The summed E-state index contributed by atoms with van der Waals surface area (Å²) in [7, 11) is -0.413. The Hall–Kier alpha value is -1.53. The first-order chi connectivity index (χ1) is 9.28. The molecule has 0 spiro atoms. The molecule has 1 aromatic carbocycles. The first-order valence-corrected chi connectivity index (χ1v) is 6.82. The molecule has 2 aliphatic rings. The van der Waals surface area contributed by atoms with Crippen LogP contribution in [0, 0.1) is 0 Å². The van der Waals surface area contributed by atoms with Crippen molar-refractivity contribution in [2.45, 2.75) is 38.9 Å². The number of fused-ring (bicyclic) bond motifs is 1. The molecule has 2 heterocycles. The minimum Gasteiger partial charge on any atom is -0.399 e. The van der Waals surface area contributed by atoms with Gasteiger partial charge in [0.15, 0.2) is 0 Å². The van der Waals surface area contributed by atoms with Gasteiger partial charge in [0.25, 0.3) is 0 Å². The zero-order chi connectivity index (χ0) is 14.5. The van der Waals surface area contributed by atoms with Crippen LogP contribution in [0.3, 0.4) is 0 Å². The van der Waals surface area contributed by atoms with Crippen molar-refractivity contribution < 1.29 is 14.1 Å². The van der Waals surface area contributed by atoms with Gasteiger partial charge in [-0.1, -0.05) is 6.07 Å². The van der Waals surface area contributed by atoms with E-state index in [0.29, 0.717) is 6.54 Å². The van der Waals surface area contributed by atoms with Crippen molar-refractivity contribution in [2.75, 3.05) is 17.2 Å². The number of hydrogen-bond acceptors (Lipinski definition) is 4. The lowest BCUT2D eigenvalue weighted by atomic mass is 9.78. The maximum Gasteiger partial charge on any atom is 0.494 e. The molecule has 1 amide bonds. The molecule has 20 heavy (non-hydrogen) atoms. The Labute approximate surface area is 119 Å². The van der Waals surface area contributed by atoms with Gasteiger partial charge in [0, 0.05) is 0 Å². The van der Waals surface area contributed by atoms with E-state index in [4.69, 9.17) is 9.31 Å². The third kappa shape index (κ3) is 2.09. The third-order valence-corrected chi connectivity index (χ3v) is 4.28. The van der Waals surface area contributed by atoms with E-state index < -0.39 is 7.12 Å². The number of anilines is 2. The number of benzene rings is 1. The van der Waals surface area contributed by atoms with Crippen molar-refractivity contribution in [1.29, 1.82) is 0 Å². The van der Waals surface area contributed by atoms with Gasteiger partial charge < -0.3 is 19.9 Å². The highest BCUT2D eigenvalue weighted by molar-refractivity contribution is 6.62. The molecule has 2 aliphatic heterocycles. The molecule has 106 valence electrons. The Bertz CT molecular complexity index is 556. The monoisotopic (exact) mass is 274 g/mol. The highest BCUT2D eigenvalue weighted by atomic mass is 16.7. The summed E-state index contributed by atoms with van der Waals surface area (Å²) in [4.78, 5) is 11.4. The van der Waals surface area contributed by atoms with E-state index in [1.165, 1.54) is 0 Å². The van der Waals surface area contributed by atoms with Crippen molar-refractivity contribution in [1.82, 2.24) is 0 Å². The van der Waals surface area contributed by atoms with E-state index >= 15 is 0 Å². The highest BCUT2D eigenvalue weighted by Crippen LogP contribution is 2.37. The second-order valence-electron chi connectivity index (χ2n) is 6.30. The quantitative estimate of drug-likeness (QED) is 0.759. The zero-order valence-electron chi connectivity index (χ0n) is 12.2. The number of nitrogens with one attached hydrogen (secondary N) is 2. The standard InChI is InChI=1S/C14H19BN2O3/c1-13(2)14(3,4)20-15(19-13)9-5-6-10-11(7-9)17-12(18)8-16-10/h5-7,16H,8H2,1-4H3,(H,17,18). The molecule has 5 nitrogen and oxygen atoms in total. The van der Waals surface area contributed by atoms with Gasteiger partial charge in [-0.15, -0.1) is 0 Å². The van der Waals surface area contributed by atoms with Gasteiger partial charge in [0.1, 0.15) is 0 Å². The van der Waals surface area contributed by atoms with Crippen molar-refractivity contribution in [3.8, 4) is 0 Å². The molecule has 0 bridgehead atoms. The van der Waals surface area contributed by atoms with Crippen LogP contribution in [0.5, 0.6) is 0 Å². The summed E-state index contributed by atoms with van der Waals surface area (Å²) < 4.78 is 12.0. The van der Waals surface area contributed by atoms with Gasteiger partial charge in [-0.25, -0.2) is 0 Å². The van der Waals surface area contributed by atoms with Crippen molar-refractivity contribution in [3.63, 3.8) is 0 Å². The van der Waals surface area contributed by atoms with Crippen LogP contribution in [0.15, 0.2) is 18.2 Å². The van der Waals surface area contributed by atoms with Crippen LogP contribution >= 0.6 is 0 Å². The lowest BCUT2D eigenvalue weighted by Crippen LogP contribution is -2.41. The average Bonchev–Trinajstić information content (AvgIpc) is 2.57. The summed E-state index contributed by atoms with van der Waals surface area (Å²) in [5, 5.41) is 5.92. The predicted molar refractivity (Wildman–Crippen MR) is 79.3 cm³/mol. The second-order valence-corrected chi connectivity index (χ2v) is 6.30. The van der Waals surface area contributed by atoms with Gasteiger partial charge >= 0.3 is 7.12 Å². The van der Waals surface area contributed by atoms with E-state index in [1.807, 2.05) is 45.9 Å². The maximum atomic E-state index is 11.4. The molecule has 6 heteroatoms. The Morgan fingerprint density at radius 2 is 1.75 bits per heavy atom. The number of carbonyl (C=O) groups is 1. The SMILES string of the molecule is CC1(C)OB(c2ccc3c(c2)NC(=O)CN3)OC1(C)C. The summed E-state index contributed by atoms with van der Waals surface area (Å²) in [6, 6.07) is 5.81. The highest BCUT2D eigenvalue weighted by Gasteiger charge is 2.51. The lowest BCUT2D eigenvalue weighted by Gasteiger charge is -2.32. The van der Waals surface area contributed by atoms with Gasteiger partial charge in [0.05, 0.1) is 29.1 Å². The molecule has 2 N–H and O–H groups in total. The fourth-order valence-corrected chi connectivity index (χ4v) is 2.32. The first kappa shape index (κ1) is 13.5. The number of rotatable bonds is 1. The summed E-state index contributed by atoms with van der Waals surface area (Å²) in [5.74, 6) is -0.0384. The van der Waals surface area contributed by atoms with Crippen molar-refractivity contribution >= 4 is 29.9 Å². The molecule has 0 aromatic heterocycles. The molecule has 0 saturated carbocycles. The normalized spacial score (nSPS) is 23.0. The minimum absolute atomic E-state index is 0.0384. The van der Waals surface area contributed by atoms with Gasteiger partial charge in [-0.2, -0.15) is 0 Å². The topological polar surface area (TPSA) is 59.6 Å². The summed E-state index contributed by atoms with van der Waals surface area (Å²) >= 11 is 0. The summed E-state index contributed by atoms with van der Waals surface area (Å²) in [6.45, 7) is 8.40. The molecule has 0 aliphatic carbocycles. The summed E-state index contributed by atoms with van der Waals surface area (Å²) in [5.41, 5.74) is 1.87. The summed E-state index contributed by atoms with van der Waals surface area (Å²) in [6.07, 6.45) is 0. The van der Waals surface area contributed by atoms with Crippen LogP contribution in [0.2, 0.25) is 0 Å². The van der Waals surface area contributed by atoms with Gasteiger partial charge in [-0.3, -0.25) is 4.79 Å². The second kappa shape index (κ2) is 4.23. The molecule has 1 aromatic rings. The van der Waals surface area contributed by atoms with Gasteiger partial charge in [0.2, 0.25) is 5.91 Å². The average molecular weight is 274 g/mol. The Morgan fingerprint density at radius 1 is 1.10 bits per heavy atom. The molecular formula is C14H19BN2O3. The van der Waals surface area contributed by atoms with E-state index in [1.54, 1.807) is 0 Å². The number of hydrogen-bond donors (Lipinski definition) is 2. The van der Waals surface area contributed by atoms with Crippen LogP contribution in [0.4, 0.5) is 11.4 Å². The number of amides is 1. The fraction of sp³-hybridized carbons (Fsp3) is 0.500. The van der Waals surface area contributed by atoms with Crippen molar-refractivity contribution in [2.24, 2.45) is 0 Å². The van der Waals surface area contributed by atoms with E-state index in [2.05, 4.69) is 10.6 Å². The van der Waals surface area contributed by atoms with Crippen LogP contribution < -0.4 is 16.1 Å². The molecule has 1 fully saturated rings. The van der Waals surface area contributed by atoms with E-state index in [9.17, 15) is 4.79 Å². The molecule has 1 saturated heterocycles. The van der Waals surface area contributed by atoms with Crippen LogP contribution in [-0.2, 0) is 14.1 Å². The van der Waals surface area contributed by atoms with Crippen molar-refractivity contribution in [3.05, 3.63) is 18.2 Å². The Balaban J connectivity index is 1.89. The smallest absolute Gasteiger partial charge is 0.399 e. The predicted octanol–water partition coefficient (Wildman–Crippen LogP) is 1.35. The van der Waals surface area contributed by atoms with E-state index in [0.717, 1.165) is 16.8 Å². The lowest BCUT2D eigenvalue weighted by molar-refractivity contribution is -0.114. The molecule has 0 radical (unpaired) electrons. The third-order valence-electron chi connectivity index (χ3n) is 4.28. The van der Waals surface area contributed by atoms with Crippen LogP contribution in [-0.4, -0.2) is 30.8 Å². The number of carbonyl (C=O) groups excluding carboxylic acids is 1. The molecular weight excluding hydrogens is 255 g/mol. The largest absolute Gasteiger partial charge is 0.494 e. The first-order valence-electron chi connectivity index (χ1n) is 6.82. The van der Waals surface area contributed by atoms with Crippen LogP contribution in [0.25, 0.3) is 0 Å². The molecule has 0 atom stereocenters. The molecule has 3 rings (SSSR count). The van der Waals surface area contributed by atoms with E-state index in [-0.39, 0.29) is 17.1 Å². The fourth-order valence-electron chi connectivity index (χ4n) is 2.32. The van der Waals surface area contributed by atoms with Crippen LogP contribution in [0.1, 0.15) is 27.7 Å². The molecule has 0 unspecified atom stereocenters. The Morgan fingerprint density at radius 3 is 2.40 bits per heavy atom. The minimum atomic E-state index is -0.413. The van der Waals surface area contributed by atoms with Gasteiger partial charge in [-0.05, 0) is 45.3 Å². The maximum absolute atomic E-state index is 11.4. The zero-order valence-corrected chi connectivity index (χ0v) is 12.2.